The molecule has 0 bridgehead atoms. The number of ether oxygens (including phenoxy) is 1. The number of aromatic nitrogens is 1. The van der Waals surface area contributed by atoms with Crippen LogP contribution in [0.2, 0.25) is 0 Å². The summed E-state index contributed by atoms with van der Waals surface area (Å²) in [5.41, 5.74) is -0.442. The summed E-state index contributed by atoms with van der Waals surface area (Å²) in [6.07, 6.45) is 2.82. The summed E-state index contributed by atoms with van der Waals surface area (Å²) >= 11 is 1.27. The van der Waals surface area contributed by atoms with Crippen molar-refractivity contribution in [1.29, 1.82) is 0 Å². The third kappa shape index (κ3) is 8.00. The Morgan fingerprint density at radius 2 is 1.87 bits per heavy atom. The molecule has 2 rings (SSSR count). The Kier molecular flexibility index (Phi) is 11.9. The van der Waals surface area contributed by atoms with Gasteiger partial charge in [0.05, 0.1) is 18.2 Å². The number of likely N-dealkylation sites (N-methyl/N-ethyl adjacent to an activating group) is 2. The zero-order valence-corrected chi connectivity index (χ0v) is 25.8. The van der Waals surface area contributed by atoms with Crippen molar-refractivity contribution in [3.8, 4) is 0 Å². The van der Waals surface area contributed by atoms with Crippen molar-refractivity contribution in [3.05, 3.63) is 16.1 Å². The molecule has 11 heteroatoms. The van der Waals surface area contributed by atoms with Gasteiger partial charge in [-0.25, -0.2) is 9.78 Å². The van der Waals surface area contributed by atoms with Crippen molar-refractivity contribution in [2.24, 2.45) is 11.8 Å². The molecule has 220 valence electrons. The minimum Gasteiger partial charge on any atom is -0.461 e. The number of rotatable bonds is 13. The van der Waals surface area contributed by atoms with Crippen LogP contribution in [0.1, 0.15) is 95.7 Å². The highest BCUT2D eigenvalue weighted by atomic mass is 32.1. The minimum atomic E-state index is -0.672. The Morgan fingerprint density at radius 3 is 2.38 bits per heavy atom. The smallest absolute Gasteiger partial charge is 0.357 e. The highest BCUT2D eigenvalue weighted by molar-refractivity contribution is 7.09. The summed E-state index contributed by atoms with van der Waals surface area (Å²) in [6, 6.07) is -1.44. The lowest BCUT2D eigenvalue weighted by Crippen LogP contribution is -2.60. The van der Waals surface area contributed by atoms with Gasteiger partial charge in [0.2, 0.25) is 17.7 Å². The van der Waals surface area contributed by atoms with Crippen molar-refractivity contribution >= 4 is 35.0 Å². The van der Waals surface area contributed by atoms with Gasteiger partial charge < -0.3 is 20.3 Å². The van der Waals surface area contributed by atoms with Gasteiger partial charge in [0, 0.05) is 25.4 Å². The number of carbonyl (C=O) groups is 4. The average molecular weight is 566 g/mol. The van der Waals surface area contributed by atoms with E-state index in [9.17, 15) is 19.2 Å². The van der Waals surface area contributed by atoms with E-state index in [2.05, 4.69) is 20.5 Å². The maximum Gasteiger partial charge on any atom is 0.357 e. The Hall–Kier alpha value is -2.53. The highest BCUT2D eigenvalue weighted by Crippen LogP contribution is 2.30. The third-order valence-corrected chi connectivity index (χ3v) is 8.99. The Morgan fingerprint density at radius 1 is 1.21 bits per heavy atom. The number of hydrogen-bond acceptors (Lipinski definition) is 8. The second-order valence-electron chi connectivity index (χ2n) is 11.2. The summed E-state index contributed by atoms with van der Waals surface area (Å²) < 4.78 is 5.06. The SMILES string of the molecule is CCOC(=O)c1csc([C@@H](C[C@H](C(C)C)N(C)C(=O)[C@@H](NC(=O)[C@@]2(C)CCCN2C)[C@@H](C)CC)NC(C)=O)n1. The quantitative estimate of drug-likeness (QED) is 0.352. The number of hydrogen-bond donors (Lipinski definition) is 2. The summed E-state index contributed by atoms with van der Waals surface area (Å²) in [7, 11) is 3.70. The molecule has 2 heterocycles. The Bertz CT molecular complexity index is 1010. The molecule has 39 heavy (non-hydrogen) atoms. The van der Waals surface area contributed by atoms with Gasteiger partial charge in [-0.3, -0.25) is 19.3 Å². The van der Waals surface area contributed by atoms with Gasteiger partial charge in [-0.05, 0) is 58.5 Å². The first kappa shape index (κ1) is 32.7. The van der Waals surface area contributed by atoms with Crippen LogP contribution in [0.5, 0.6) is 0 Å². The predicted molar refractivity (Wildman–Crippen MR) is 152 cm³/mol. The lowest BCUT2D eigenvalue weighted by atomic mass is 9.91. The van der Waals surface area contributed by atoms with Gasteiger partial charge in [-0.2, -0.15) is 0 Å². The van der Waals surface area contributed by atoms with Crippen LogP contribution in [-0.4, -0.2) is 83.3 Å². The molecule has 0 radical (unpaired) electrons. The number of thiazole rings is 1. The molecule has 10 nitrogen and oxygen atoms in total. The van der Waals surface area contributed by atoms with Gasteiger partial charge in [-0.1, -0.05) is 34.1 Å². The highest BCUT2D eigenvalue weighted by Gasteiger charge is 2.43. The minimum absolute atomic E-state index is 0.0477. The van der Waals surface area contributed by atoms with E-state index in [0.717, 1.165) is 25.8 Å². The summed E-state index contributed by atoms with van der Waals surface area (Å²) in [5, 5.41) is 8.24. The number of nitrogens with one attached hydrogen (secondary N) is 2. The second kappa shape index (κ2) is 14.2. The van der Waals surface area contributed by atoms with Crippen molar-refractivity contribution in [1.82, 2.24) is 25.4 Å². The van der Waals surface area contributed by atoms with Crippen molar-refractivity contribution in [2.75, 3.05) is 27.2 Å². The van der Waals surface area contributed by atoms with E-state index >= 15 is 0 Å². The number of esters is 1. The van der Waals surface area contributed by atoms with E-state index in [1.807, 2.05) is 41.7 Å². The predicted octanol–water partition coefficient (Wildman–Crippen LogP) is 3.39. The second-order valence-corrected chi connectivity index (χ2v) is 12.1. The Labute approximate surface area is 237 Å². The molecular formula is C28H47N5O5S. The number of amides is 3. The molecule has 0 unspecified atom stereocenters. The molecular weight excluding hydrogens is 518 g/mol. The molecule has 1 aromatic heterocycles. The lowest BCUT2D eigenvalue weighted by molar-refractivity contribution is -0.142. The fourth-order valence-electron chi connectivity index (χ4n) is 5.08. The normalized spacial score (nSPS) is 20.7. The first-order valence-corrected chi connectivity index (χ1v) is 14.8. The molecule has 3 amide bonds. The molecule has 0 spiro atoms. The van der Waals surface area contributed by atoms with Crippen molar-refractivity contribution in [2.45, 2.75) is 97.8 Å². The molecule has 1 fully saturated rings. The van der Waals surface area contributed by atoms with E-state index in [-0.39, 0.29) is 47.9 Å². The van der Waals surface area contributed by atoms with E-state index in [0.29, 0.717) is 11.4 Å². The van der Waals surface area contributed by atoms with Crippen LogP contribution < -0.4 is 10.6 Å². The van der Waals surface area contributed by atoms with Gasteiger partial charge in [0.25, 0.3) is 0 Å². The van der Waals surface area contributed by atoms with E-state index in [4.69, 9.17) is 4.74 Å². The van der Waals surface area contributed by atoms with Gasteiger partial charge in [-0.15, -0.1) is 11.3 Å². The third-order valence-electron chi connectivity index (χ3n) is 8.03. The van der Waals surface area contributed by atoms with Crippen LogP contribution in [-0.2, 0) is 19.1 Å². The van der Waals surface area contributed by atoms with Crippen LogP contribution in [0.4, 0.5) is 0 Å². The monoisotopic (exact) mass is 565 g/mol. The number of carbonyl (C=O) groups excluding carboxylic acids is 4. The summed E-state index contributed by atoms with van der Waals surface area (Å²) in [4.78, 5) is 59.9. The molecule has 1 saturated heterocycles. The zero-order chi connectivity index (χ0) is 29.5. The molecule has 0 aromatic carbocycles. The lowest BCUT2D eigenvalue weighted by Gasteiger charge is -2.38. The standard InChI is InChI=1S/C28H47N5O5S/c1-10-18(5)23(31-27(37)28(7)13-12-14-32(28)8)25(35)33(9)22(17(3)4)15-20(29-19(6)34)24-30-21(16-39-24)26(36)38-11-2/h16-18,20,22-23H,10-15H2,1-9H3,(H,29,34)(H,31,37)/t18-,20+,22+,23-,28+/m0/s1. The first-order valence-electron chi connectivity index (χ1n) is 13.9. The van der Waals surface area contributed by atoms with Gasteiger partial charge in [0.15, 0.2) is 5.69 Å². The molecule has 0 saturated carbocycles. The van der Waals surface area contributed by atoms with Crippen molar-refractivity contribution in [3.63, 3.8) is 0 Å². The van der Waals surface area contributed by atoms with Gasteiger partial charge in [0.1, 0.15) is 11.0 Å². The van der Waals surface area contributed by atoms with E-state index in [1.165, 1.54) is 18.3 Å². The molecule has 1 aliphatic heterocycles. The van der Waals surface area contributed by atoms with Crippen LogP contribution >= 0.6 is 11.3 Å². The maximum absolute atomic E-state index is 14.0. The molecule has 1 aliphatic rings. The fraction of sp³-hybridized carbons (Fsp3) is 0.750. The molecule has 2 N–H and O–H groups in total. The van der Waals surface area contributed by atoms with Crippen LogP contribution in [0.3, 0.4) is 0 Å². The number of likely N-dealkylation sites (tertiary alicyclic amines) is 1. The van der Waals surface area contributed by atoms with Crippen LogP contribution in [0, 0.1) is 11.8 Å². The molecule has 5 atom stereocenters. The summed E-state index contributed by atoms with van der Waals surface area (Å²) in [6.45, 7) is 14.2. The van der Waals surface area contributed by atoms with Crippen LogP contribution in [0.25, 0.3) is 0 Å². The van der Waals surface area contributed by atoms with Gasteiger partial charge >= 0.3 is 5.97 Å². The zero-order valence-electron chi connectivity index (χ0n) is 25.0. The average Bonchev–Trinajstić information content (AvgIpc) is 3.51. The van der Waals surface area contributed by atoms with Crippen LogP contribution in [0.15, 0.2) is 5.38 Å². The molecule has 0 aliphatic carbocycles. The van der Waals surface area contributed by atoms with E-state index in [1.54, 1.807) is 24.3 Å². The van der Waals surface area contributed by atoms with Crippen molar-refractivity contribution < 1.29 is 23.9 Å². The molecule has 1 aromatic rings. The largest absolute Gasteiger partial charge is 0.461 e. The maximum atomic E-state index is 14.0. The Balaban J connectivity index is 2.31. The topological polar surface area (TPSA) is 121 Å². The summed E-state index contributed by atoms with van der Waals surface area (Å²) in [5.74, 6) is -1.04. The number of nitrogens with zero attached hydrogens (tertiary/aromatic N) is 3. The fourth-order valence-corrected chi connectivity index (χ4v) is 5.93. The first-order chi connectivity index (χ1) is 18.3. The van der Waals surface area contributed by atoms with E-state index < -0.39 is 23.6 Å².